The maximum Gasteiger partial charge on any atom is 0.322 e. The molecule has 0 radical (unpaired) electrons. The minimum absolute atomic E-state index is 0.0324. The van der Waals surface area contributed by atoms with E-state index in [0.717, 1.165) is 19.4 Å². The summed E-state index contributed by atoms with van der Waals surface area (Å²) in [5, 5.41) is 3.89. The maximum atomic E-state index is 10.7. The fraction of sp³-hybridized carbons (Fsp3) is 0.400. The van der Waals surface area contributed by atoms with Crippen LogP contribution in [0.1, 0.15) is 12.8 Å². The number of hydrogen-bond acceptors (Lipinski definition) is 6. The Balaban J connectivity index is 0.000000185. The Morgan fingerprint density at radius 3 is 2.65 bits per heavy atom. The van der Waals surface area contributed by atoms with Crippen molar-refractivity contribution in [3.8, 4) is 5.88 Å². The summed E-state index contributed by atoms with van der Waals surface area (Å²) >= 11 is 11.6. The molecule has 8 heteroatoms. The van der Waals surface area contributed by atoms with E-state index < -0.39 is 0 Å². The molecule has 0 amide bonds. The maximum absolute atomic E-state index is 10.7. The Labute approximate surface area is 144 Å². The normalized spacial score (nSPS) is 16.6. The van der Waals surface area contributed by atoms with Crippen molar-refractivity contribution in [2.24, 2.45) is 0 Å². The summed E-state index contributed by atoms with van der Waals surface area (Å²) < 4.78 is 9.48. The summed E-state index contributed by atoms with van der Waals surface area (Å²) in [7, 11) is 2.91. The van der Waals surface area contributed by atoms with E-state index in [4.69, 9.17) is 27.9 Å². The molecule has 1 saturated heterocycles. The molecule has 2 aromatic rings. The Hall–Kier alpha value is -1.63. The van der Waals surface area contributed by atoms with Crippen LogP contribution in [-0.2, 0) is 9.53 Å². The fourth-order valence-electron chi connectivity index (χ4n) is 2.15. The second kappa shape index (κ2) is 8.29. The van der Waals surface area contributed by atoms with Crippen LogP contribution in [0.25, 0.3) is 11.0 Å². The Kier molecular flexibility index (Phi) is 6.38. The zero-order valence-corrected chi connectivity index (χ0v) is 14.3. The average molecular weight is 358 g/mol. The number of ether oxygens (including phenoxy) is 2. The number of benzene rings is 1. The molecule has 1 unspecified atom stereocenters. The van der Waals surface area contributed by atoms with Crippen LogP contribution in [0.15, 0.2) is 18.2 Å². The van der Waals surface area contributed by atoms with Crippen molar-refractivity contribution in [3.63, 3.8) is 0 Å². The SMILES string of the molecule is COC(=O)C1CCCN1.COc1nc2cc(Cl)ccc2nc1Cl. The first-order valence-electron chi connectivity index (χ1n) is 7.03. The van der Waals surface area contributed by atoms with E-state index in [1.165, 1.54) is 14.2 Å². The van der Waals surface area contributed by atoms with Gasteiger partial charge < -0.3 is 14.8 Å². The first kappa shape index (κ1) is 17.7. The molecule has 1 atom stereocenters. The largest absolute Gasteiger partial charge is 0.479 e. The molecule has 1 aromatic carbocycles. The Bertz CT molecular complexity index is 691. The lowest BCUT2D eigenvalue weighted by molar-refractivity contribution is -0.142. The lowest BCUT2D eigenvalue weighted by Crippen LogP contribution is -2.31. The zero-order valence-electron chi connectivity index (χ0n) is 12.8. The lowest BCUT2D eigenvalue weighted by atomic mass is 10.2. The van der Waals surface area contributed by atoms with E-state index in [1.807, 2.05) is 0 Å². The number of methoxy groups -OCH3 is 2. The summed E-state index contributed by atoms with van der Waals surface area (Å²) in [6.45, 7) is 0.944. The predicted molar refractivity (Wildman–Crippen MR) is 89.2 cm³/mol. The van der Waals surface area contributed by atoms with Crippen LogP contribution in [0.3, 0.4) is 0 Å². The summed E-state index contributed by atoms with van der Waals surface area (Å²) in [5.41, 5.74) is 1.36. The molecule has 2 heterocycles. The Morgan fingerprint density at radius 1 is 1.26 bits per heavy atom. The number of aromatic nitrogens is 2. The topological polar surface area (TPSA) is 73.3 Å². The molecule has 0 bridgehead atoms. The molecule has 0 saturated carbocycles. The first-order chi connectivity index (χ1) is 11.0. The average Bonchev–Trinajstić information content (AvgIpc) is 3.09. The van der Waals surface area contributed by atoms with Gasteiger partial charge in [-0.15, -0.1) is 0 Å². The van der Waals surface area contributed by atoms with E-state index in [9.17, 15) is 4.79 Å². The van der Waals surface area contributed by atoms with Crippen molar-refractivity contribution >= 4 is 40.2 Å². The Morgan fingerprint density at radius 2 is 2.04 bits per heavy atom. The third-order valence-electron chi connectivity index (χ3n) is 3.29. The highest BCUT2D eigenvalue weighted by Gasteiger charge is 2.21. The first-order valence-corrected chi connectivity index (χ1v) is 7.78. The second-order valence-electron chi connectivity index (χ2n) is 4.83. The third-order valence-corrected chi connectivity index (χ3v) is 3.78. The van der Waals surface area contributed by atoms with Crippen molar-refractivity contribution in [2.75, 3.05) is 20.8 Å². The van der Waals surface area contributed by atoms with E-state index in [-0.39, 0.29) is 17.2 Å². The summed E-state index contributed by atoms with van der Waals surface area (Å²) in [6.07, 6.45) is 2.01. The quantitative estimate of drug-likeness (QED) is 0.833. The minimum atomic E-state index is -0.132. The van der Waals surface area contributed by atoms with Crippen LogP contribution >= 0.6 is 23.2 Å². The molecule has 23 heavy (non-hydrogen) atoms. The second-order valence-corrected chi connectivity index (χ2v) is 5.62. The summed E-state index contributed by atoms with van der Waals surface area (Å²) in [6, 6.07) is 5.18. The van der Waals surface area contributed by atoms with Gasteiger partial charge in [-0.25, -0.2) is 9.97 Å². The number of nitrogens with one attached hydrogen (secondary N) is 1. The van der Waals surface area contributed by atoms with Gasteiger partial charge >= 0.3 is 5.97 Å². The van der Waals surface area contributed by atoms with Crippen LogP contribution in [0, 0.1) is 0 Å². The fourth-order valence-corrected chi connectivity index (χ4v) is 2.52. The van der Waals surface area contributed by atoms with E-state index >= 15 is 0 Å². The van der Waals surface area contributed by atoms with Gasteiger partial charge in [0.2, 0.25) is 0 Å². The number of esters is 1. The number of halogens is 2. The van der Waals surface area contributed by atoms with E-state index in [0.29, 0.717) is 21.9 Å². The molecule has 3 rings (SSSR count). The molecule has 1 aliphatic heterocycles. The molecular weight excluding hydrogens is 341 g/mol. The van der Waals surface area contributed by atoms with Crippen molar-refractivity contribution in [1.29, 1.82) is 0 Å². The molecule has 1 aliphatic rings. The number of nitrogens with zero attached hydrogens (tertiary/aromatic N) is 2. The van der Waals surface area contributed by atoms with Gasteiger partial charge in [0.1, 0.15) is 6.04 Å². The number of fused-ring (bicyclic) bond motifs is 1. The highest BCUT2D eigenvalue weighted by molar-refractivity contribution is 6.32. The number of carbonyl (C=O) groups is 1. The molecule has 1 N–H and O–H groups in total. The smallest absolute Gasteiger partial charge is 0.322 e. The van der Waals surface area contributed by atoms with Gasteiger partial charge in [-0.1, -0.05) is 23.2 Å². The van der Waals surface area contributed by atoms with Gasteiger partial charge in [-0.05, 0) is 37.6 Å². The molecular formula is C15H17Cl2N3O3. The number of rotatable bonds is 2. The lowest BCUT2D eigenvalue weighted by Gasteiger charge is -2.04. The van der Waals surface area contributed by atoms with Gasteiger partial charge in [-0.3, -0.25) is 4.79 Å². The van der Waals surface area contributed by atoms with Crippen molar-refractivity contribution in [1.82, 2.24) is 15.3 Å². The van der Waals surface area contributed by atoms with Gasteiger partial charge in [0.05, 0.1) is 25.3 Å². The van der Waals surface area contributed by atoms with E-state index in [1.54, 1.807) is 18.2 Å². The van der Waals surface area contributed by atoms with Gasteiger partial charge in [0.25, 0.3) is 5.88 Å². The molecule has 124 valence electrons. The van der Waals surface area contributed by atoms with Crippen LogP contribution in [-0.4, -0.2) is 42.7 Å². The summed E-state index contributed by atoms with van der Waals surface area (Å²) in [4.78, 5) is 19.0. The predicted octanol–water partition coefficient (Wildman–Crippen LogP) is 2.86. The zero-order chi connectivity index (χ0) is 16.8. The molecule has 6 nitrogen and oxygen atoms in total. The molecule has 0 aliphatic carbocycles. The van der Waals surface area contributed by atoms with Crippen LogP contribution < -0.4 is 10.1 Å². The molecule has 1 aromatic heterocycles. The minimum Gasteiger partial charge on any atom is -0.479 e. The highest BCUT2D eigenvalue weighted by atomic mass is 35.5. The number of carbonyl (C=O) groups excluding carboxylic acids is 1. The van der Waals surface area contributed by atoms with Gasteiger partial charge in [-0.2, -0.15) is 0 Å². The molecule has 1 fully saturated rings. The van der Waals surface area contributed by atoms with Crippen LogP contribution in [0.4, 0.5) is 0 Å². The van der Waals surface area contributed by atoms with Crippen molar-refractivity contribution in [3.05, 3.63) is 28.4 Å². The third kappa shape index (κ3) is 4.67. The highest BCUT2D eigenvalue weighted by Crippen LogP contribution is 2.24. The van der Waals surface area contributed by atoms with E-state index in [2.05, 4.69) is 20.0 Å². The monoisotopic (exact) mass is 357 g/mol. The van der Waals surface area contributed by atoms with Gasteiger partial charge in [0, 0.05) is 5.02 Å². The van der Waals surface area contributed by atoms with Crippen molar-refractivity contribution in [2.45, 2.75) is 18.9 Å². The van der Waals surface area contributed by atoms with Crippen LogP contribution in [0.5, 0.6) is 5.88 Å². The van der Waals surface area contributed by atoms with Gasteiger partial charge in [0.15, 0.2) is 5.15 Å². The summed E-state index contributed by atoms with van der Waals surface area (Å²) in [5.74, 6) is 0.175. The standard InChI is InChI=1S/C9H6Cl2N2O.C6H11NO2/c1-14-9-8(11)12-6-3-2-5(10)4-7(6)13-9;1-9-6(8)5-3-2-4-7-5/h2-4H,1H3;5,7H,2-4H2,1H3. The number of hydrogen-bond donors (Lipinski definition) is 1. The van der Waals surface area contributed by atoms with Crippen LogP contribution in [0.2, 0.25) is 10.2 Å². The molecule has 0 spiro atoms. The van der Waals surface area contributed by atoms with Crippen molar-refractivity contribution < 1.29 is 14.3 Å².